The standard InChI is InChI=1S/C11H15Br/c1-8-6-5-7-9(10(8)12)11(2,3)4/h5-7H,1-4H3. The Kier molecular flexibility index (Phi) is 2.62. The minimum atomic E-state index is 0.227. The van der Waals surface area contributed by atoms with E-state index in [9.17, 15) is 0 Å². The number of halogens is 1. The average Bonchev–Trinajstić information content (AvgIpc) is 1.92. The van der Waals surface area contributed by atoms with E-state index in [1.165, 1.54) is 15.6 Å². The van der Waals surface area contributed by atoms with Gasteiger partial charge >= 0.3 is 0 Å². The first-order chi connectivity index (χ1) is 5.43. The smallest absolute Gasteiger partial charge is 0.0241 e. The molecule has 66 valence electrons. The van der Waals surface area contributed by atoms with Crippen LogP contribution in [0.4, 0.5) is 0 Å². The summed E-state index contributed by atoms with van der Waals surface area (Å²) in [5, 5.41) is 0. The van der Waals surface area contributed by atoms with Crippen LogP contribution < -0.4 is 0 Å². The summed E-state index contributed by atoms with van der Waals surface area (Å²) in [7, 11) is 0. The van der Waals surface area contributed by atoms with Crippen molar-refractivity contribution in [2.45, 2.75) is 33.1 Å². The maximum absolute atomic E-state index is 3.62. The first kappa shape index (κ1) is 9.79. The van der Waals surface area contributed by atoms with Crippen LogP contribution >= 0.6 is 15.9 Å². The van der Waals surface area contributed by atoms with Crippen LogP contribution in [0.5, 0.6) is 0 Å². The van der Waals surface area contributed by atoms with Gasteiger partial charge < -0.3 is 0 Å². The Balaban J connectivity index is 3.26. The van der Waals surface area contributed by atoms with Gasteiger partial charge in [-0.25, -0.2) is 0 Å². The number of hydrogen-bond donors (Lipinski definition) is 0. The molecular weight excluding hydrogens is 212 g/mol. The van der Waals surface area contributed by atoms with Crippen molar-refractivity contribution in [3.63, 3.8) is 0 Å². The first-order valence-electron chi connectivity index (χ1n) is 4.18. The third-order valence-corrected chi connectivity index (χ3v) is 3.05. The van der Waals surface area contributed by atoms with Gasteiger partial charge in [0, 0.05) is 4.47 Å². The van der Waals surface area contributed by atoms with E-state index in [4.69, 9.17) is 0 Å². The van der Waals surface area contributed by atoms with E-state index in [1.807, 2.05) is 0 Å². The molecule has 1 aromatic rings. The van der Waals surface area contributed by atoms with Gasteiger partial charge in [0.2, 0.25) is 0 Å². The highest BCUT2D eigenvalue weighted by Crippen LogP contribution is 2.31. The van der Waals surface area contributed by atoms with Crippen molar-refractivity contribution in [2.75, 3.05) is 0 Å². The lowest BCUT2D eigenvalue weighted by Gasteiger charge is -2.21. The summed E-state index contributed by atoms with van der Waals surface area (Å²) in [6.07, 6.45) is 0. The Hall–Kier alpha value is -0.300. The van der Waals surface area contributed by atoms with Gasteiger partial charge in [0.05, 0.1) is 0 Å². The third kappa shape index (κ3) is 1.89. The van der Waals surface area contributed by atoms with E-state index in [1.54, 1.807) is 0 Å². The number of benzene rings is 1. The van der Waals surface area contributed by atoms with Crippen molar-refractivity contribution in [1.29, 1.82) is 0 Å². The molecule has 0 nitrogen and oxygen atoms in total. The predicted molar refractivity (Wildman–Crippen MR) is 57.6 cm³/mol. The van der Waals surface area contributed by atoms with Crippen LogP contribution in [0.2, 0.25) is 0 Å². The fourth-order valence-corrected chi connectivity index (χ4v) is 2.09. The van der Waals surface area contributed by atoms with Crippen LogP contribution in [-0.2, 0) is 5.41 Å². The summed E-state index contributed by atoms with van der Waals surface area (Å²) >= 11 is 3.62. The second kappa shape index (κ2) is 3.21. The topological polar surface area (TPSA) is 0 Å². The van der Waals surface area contributed by atoms with Crippen molar-refractivity contribution in [1.82, 2.24) is 0 Å². The Labute approximate surface area is 83.1 Å². The van der Waals surface area contributed by atoms with Crippen molar-refractivity contribution in [3.8, 4) is 0 Å². The predicted octanol–water partition coefficient (Wildman–Crippen LogP) is 4.06. The van der Waals surface area contributed by atoms with Gasteiger partial charge in [-0.2, -0.15) is 0 Å². The van der Waals surface area contributed by atoms with Crippen LogP contribution in [0.15, 0.2) is 22.7 Å². The lowest BCUT2D eigenvalue weighted by Crippen LogP contribution is -2.12. The van der Waals surface area contributed by atoms with E-state index in [2.05, 4.69) is 61.8 Å². The van der Waals surface area contributed by atoms with E-state index < -0.39 is 0 Å². The number of rotatable bonds is 0. The molecule has 0 aliphatic carbocycles. The first-order valence-corrected chi connectivity index (χ1v) is 4.98. The highest BCUT2D eigenvalue weighted by atomic mass is 79.9. The summed E-state index contributed by atoms with van der Waals surface area (Å²) in [5.41, 5.74) is 2.91. The van der Waals surface area contributed by atoms with Crippen molar-refractivity contribution >= 4 is 15.9 Å². The monoisotopic (exact) mass is 226 g/mol. The molecule has 1 rings (SSSR count). The molecule has 0 aliphatic heterocycles. The minimum Gasteiger partial charge on any atom is -0.0616 e. The highest BCUT2D eigenvalue weighted by Gasteiger charge is 2.16. The lowest BCUT2D eigenvalue weighted by atomic mass is 9.86. The van der Waals surface area contributed by atoms with Crippen LogP contribution in [0.25, 0.3) is 0 Å². The second-order valence-electron chi connectivity index (χ2n) is 4.19. The molecule has 0 aromatic heterocycles. The summed E-state index contributed by atoms with van der Waals surface area (Å²) in [6, 6.07) is 6.41. The Bertz CT molecular complexity index is 282. The van der Waals surface area contributed by atoms with E-state index in [0.29, 0.717) is 0 Å². The molecule has 0 saturated heterocycles. The SMILES string of the molecule is Cc1cccc(C(C)(C)C)c1Br. The third-order valence-electron chi connectivity index (χ3n) is 2.00. The molecular formula is C11H15Br. The molecule has 0 amide bonds. The number of aryl methyl sites for hydroxylation is 1. The van der Waals surface area contributed by atoms with Crippen LogP contribution in [-0.4, -0.2) is 0 Å². The zero-order chi connectivity index (χ0) is 9.35. The molecule has 12 heavy (non-hydrogen) atoms. The van der Waals surface area contributed by atoms with Gasteiger partial charge in [-0.3, -0.25) is 0 Å². The number of hydrogen-bond acceptors (Lipinski definition) is 0. The fourth-order valence-electron chi connectivity index (χ4n) is 1.23. The van der Waals surface area contributed by atoms with Crippen molar-refractivity contribution < 1.29 is 0 Å². The summed E-state index contributed by atoms with van der Waals surface area (Å²) in [6.45, 7) is 8.81. The van der Waals surface area contributed by atoms with Crippen LogP contribution in [0.3, 0.4) is 0 Å². The molecule has 0 unspecified atom stereocenters. The van der Waals surface area contributed by atoms with Gasteiger partial charge in [0.25, 0.3) is 0 Å². The van der Waals surface area contributed by atoms with Crippen molar-refractivity contribution in [2.24, 2.45) is 0 Å². The Morgan fingerprint density at radius 2 is 1.75 bits per heavy atom. The van der Waals surface area contributed by atoms with E-state index >= 15 is 0 Å². The molecule has 0 spiro atoms. The van der Waals surface area contributed by atoms with Gasteiger partial charge in [-0.1, -0.05) is 54.9 Å². The lowest BCUT2D eigenvalue weighted by molar-refractivity contribution is 0.586. The normalized spacial score (nSPS) is 11.8. The van der Waals surface area contributed by atoms with Gasteiger partial charge in [-0.15, -0.1) is 0 Å². The van der Waals surface area contributed by atoms with E-state index in [0.717, 1.165) is 0 Å². The molecule has 1 aromatic carbocycles. The molecule has 0 bridgehead atoms. The quantitative estimate of drug-likeness (QED) is 0.627. The van der Waals surface area contributed by atoms with Gasteiger partial charge in [0.1, 0.15) is 0 Å². The minimum absolute atomic E-state index is 0.227. The Morgan fingerprint density at radius 1 is 1.17 bits per heavy atom. The molecule has 0 heterocycles. The molecule has 0 fully saturated rings. The molecule has 1 heteroatoms. The summed E-state index contributed by atoms with van der Waals surface area (Å²) in [4.78, 5) is 0. The second-order valence-corrected chi connectivity index (χ2v) is 4.98. The molecule has 0 atom stereocenters. The Morgan fingerprint density at radius 3 is 2.17 bits per heavy atom. The maximum atomic E-state index is 3.62. The van der Waals surface area contributed by atoms with Crippen molar-refractivity contribution in [3.05, 3.63) is 33.8 Å². The van der Waals surface area contributed by atoms with Crippen LogP contribution in [0, 0.1) is 6.92 Å². The molecule has 0 aliphatic rings. The largest absolute Gasteiger partial charge is 0.0616 e. The molecule has 0 radical (unpaired) electrons. The zero-order valence-electron chi connectivity index (χ0n) is 8.11. The highest BCUT2D eigenvalue weighted by molar-refractivity contribution is 9.10. The zero-order valence-corrected chi connectivity index (χ0v) is 9.70. The fraction of sp³-hybridized carbons (Fsp3) is 0.455. The molecule has 0 N–H and O–H groups in total. The maximum Gasteiger partial charge on any atom is 0.0241 e. The average molecular weight is 227 g/mol. The summed E-state index contributed by atoms with van der Waals surface area (Å²) < 4.78 is 1.25. The molecule has 0 saturated carbocycles. The van der Waals surface area contributed by atoms with E-state index in [-0.39, 0.29) is 5.41 Å². The van der Waals surface area contributed by atoms with Crippen LogP contribution in [0.1, 0.15) is 31.9 Å². The summed E-state index contributed by atoms with van der Waals surface area (Å²) in [5.74, 6) is 0. The van der Waals surface area contributed by atoms with Gasteiger partial charge in [-0.05, 0) is 23.5 Å². The van der Waals surface area contributed by atoms with Gasteiger partial charge in [0.15, 0.2) is 0 Å².